The summed E-state index contributed by atoms with van der Waals surface area (Å²) in [6.45, 7) is 34.7. The van der Waals surface area contributed by atoms with Gasteiger partial charge in [-0.1, -0.05) is 91.8 Å². The summed E-state index contributed by atoms with van der Waals surface area (Å²) in [5.74, 6) is 0.136. The molecule has 7 nitrogen and oxygen atoms in total. The van der Waals surface area contributed by atoms with E-state index in [9.17, 15) is 13.5 Å². The van der Waals surface area contributed by atoms with E-state index >= 15 is 0 Å². The Morgan fingerprint density at radius 1 is 0.917 bits per heavy atom. The molecule has 9 atom stereocenters. The van der Waals surface area contributed by atoms with Crippen molar-refractivity contribution in [2.75, 3.05) is 6.61 Å². The Bertz CT molecular complexity index is 1810. The molecule has 0 spiro atoms. The second-order valence-corrected chi connectivity index (χ2v) is 34.6. The highest BCUT2D eigenvalue weighted by Crippen LogP contribution is 2.59. The quantitative estimate of drug-likeness (QED) is 0.175. The molecule has 1 heterocycles. The zero-order chi connectivity index (χ0) is 44.7. The maximum Gasteiger partial charge on any atom is 0.192 e. The van der Waals surface area contributed by atoms with E-state index in [2.05, 4.69) is 107 Å². The van der Waals surface area contributed by atoms with Crippen molar-refractivity contribution in [3.8, 4) is 0 Å². The molecule has 0 bridgehead atoms. The number of aliphatic hydroxyl groups is 1. The third kappa shape index (κ3) is 11.1. The molecule has 10 heteroatoms. The molecular weight excluding hydrogens is 801 g/mol. The number of ether oxygens (including phenoxy) is 2. The first-order valence-electron chi connectivity index (χ1n) is 23.3. The number of fused-ring (bicyclic) bond motifs is 1. The largest absolute Gasteiger partial charge is 0.413 e. The van der Waals surface area contributed by atoms with Crippen LogP contribution in [0.1, 0.15) is 140 Å². The molecule has 0 radical (unpaired) electrons. The molecule has 1 aromatic rings. The number of aliphatic hydroxyl groups excluding tert-OH is 1. The van der Waals surface area contributed by atoms with Crippen LogP contribution in [0.2, 0.25) is 36.3 Å². The van der Waals surface area contributed by atoms with Gasteiger partial charge in [0.05, 0.1) is 34.1 Å². The number of hydrogen-bond acceptors (Lipinski definition) is 7. The lowest BCUT2D eigenvalue weighted by molar-refractivity contribution is -0.221. The fourth-order valence-electron chi connectivity index (χ4n) is 10.4. The number of sulfone groups is 1. The molecule has 1 N–H and O–H groups in total. The lowest BCUT2D eigenvalue weighted by Gasteiger charge is -2.46. The van der Waals surface area contributed by atoms with Crippen molar-refractivity contribution in [1.82, 2.24) is 0 Å². The highest BCUT2D eigenvalue weighted by atomic mass is 32.2. The van der Waals surface area contributed by atoms with Gasteiger partial charge in [0.15, 0.2) is 32.8 Å². The van der Waals surface area contributed by atoms with Crippen LogP contribution >= 0.6 is 0 Å². The van der Waals surface area contributed by atoms with Gasteiger partial charge < -0.3 is 23.4 Å². The zero-order valence-corrected chi connectivity index (χ0v) is 43.1. The minimum absolute atomic E-state index is 0.0249. The zero-order valence-electron chi connectivity index (χ0n) is 40.3. The van der Waals surface area contributed by atoms with Crippen LogP contribution < -0.4 is 0 Å². The number of hydrogen-bond donors (Lipinski definition) is 1. The normalized spacial score (nSPS) is 29.3. The molecular formula is C50H84O7SSi2. The molecule has 60 heavy (non-hydrogen) atoms. The predicted octanol–water partition coefficient (Wildman–Crippen LogP) is 12.7. The molecule has 0 aromatic heterocycles. The highest BCUT2D eigenvalue weighted by molar-refractivity contribution is 7.92. The molecule has 3 unspecified atom stereocenters. The second kappa shape index (κ2) is 18.6. The first kappa shape index (κ1) is 49.6. The van der Waals surface area contributed by atoms with Crippen LogP contribution in [-0.4, -0.2) is 72.2 Å². The molecule has 0 amide bonds. The van der Waals surface area contributed by atoms with Crippen LogP contribution in [-0.2, 0) is 28.2 Å². The Labute approximate surface area is 368 Å². The fraction of sp³-hybridized carbons (Fsp3) is 0.760. The van der Waals surface area contributed by atoms with E-state index in [1.807, 2.05) is 19.9 Å². The summed E-state index contributed by atoms with van der Waals surface area (Å²) in [5, 5.41) is 11.5. The van der Waals surface area contributed by atoms with E-state index in [-0.39, 0.29) is 57.1 Å². The number of rotatable bonds is 15. The van der Waals surface area contributed by atoms with Crippen molar-refractivity contribution in [3.05, 3.63) is 65.3 Å². The molecule has 340 valence electrons. The summed E-state index contributed by atoms with van der Waals surface area (Å²) < 4.78 is 56.1. The van der Waals surface area contributed by atoms with Crippen LogP contribution in [0.5, 0.6) is 0 Å². The monoisotopic (exact) mass is 885 g/mol. The molecule has 5 rings (SSSR count). The van der Waals surface area contributed by atoms with E-state index in [1.165, 1.54) is 16.7 Å². The van der Waals surface area contributed by atoms with Gasteiger partial charge in [0.1, 0.15) is 0 Å². The van der Waals surface area contributed by atoms with Crippen molar-refractivity contribution < 1.29 is 31.9 Å². The predicted molar refractivity (Wildman–Crippen MR) is 253 cm³/mol. The van der Waals surface area contributed by atoms with Crippen molar-refractivity contribution in [2.24, 2.45) is 23.2 Å². The van der Waals surface area contributed by atoms with Crippen LogP contribution in [0, 0.1) is 23.2 Å². The molecule has 1 aliphatic heterocycles. The molecule has 1 saturated carbocycles. The van der Waals surface area contributed by atoms with Gasteiger partial charge in [0.25, 0.3) is 0 Å². The summed E-state index contributed by atoms with van der Waals surface area (Å²) in [4.78, 5) is 0.268. The first-order valence-corrected chi connectivity index (χ1v) is 30.7. The molecule has 4 aliphatic rings. The number of allylic oxidation sites excluding steroid dienone is 4. The van der Waals surface area contributed by atoms with E-state index in [4.69, 9.17) is 18.3 Å². The van der Waals surface area contributed by atoms with E-state index < -0.39 is 43.4 Å². The van der Waals surface area contributed by atoms with Gasteiger partial charge >= 0.3 is 0 Å². The summed E-state index contributed by atoms with van der Waals surface area (Å²) >= 11 is 0. The Kier molecular flexibility index (Phi) is 15.4. The van der Waals surface area contributed by atoms with E-state index in [1.54, 1.807) is 24.3 Å². The summed E-state index contributed by atoms with van der Waals surface area (Å²) in [6.07, 6.45) is 14.6. The molecule has 3 aliphatic carbocycles. The standard InChI is InChI=1S/C50H84O7SSi2/c1-35-38(32-39(56-59(12,13)47(3,4)5)33-44(35)57-60(14,15)48(6,7)8)27-26-37-22-21-30-50(11)41(28-29-42(37)50)36(2)46(58(52,53)40-23-17-16-18-24-40)43(51)34-49(9,10)55-45-25-19-20-31-54-45/h16-18,22-24,26-27,36,39,41-46,51H,19-21,25,28-34H2,1-15H3/t36-,39+,41+,42-,43?,44-,45?,46?,50+/m0/s1. The minimum atomic E-state index is -3.90. The first-order chi connectivity index (χ1) is 27.6. The average molecular weight is 885 g/mol. The minimum Gasteiger partial charge on any atom is -0.413 e. The molecule has 1 aromatic carbocycles. The van der Waals surface area contributed by atoms with Crippen LogP contribution in [0.3, 0.4) is 0 Å². The van der Waals surface area contributed by atoms with E-state index in [0.717, 1.165) is 57.8 Å². The smallest absolute Gasteiger partial charge is 0.192 e. The number of benzene rings is 1. The van der Waals surface area contributed by atoms with Crippen molar-refractivity contribution in [2.45, 2.75) is 217 Å². The van der Waals surface area contributed by atoms with Gasteiger partial charge in [-0.15, -0.1) is 0 Å². The Hall–Kier alpha value is -1.38. The lowest BCUT2D eigenvalue weighted by Crippen LogP contribution is -2.49. The van der Waals surface area contributed by atoms with Gasteiger partial charge in [-0.05, 0) is 160 Å². The van der Waals surface area contributed by atoms with Gasteiger partial charge in [-0.2, -0.15) is 0 Å². The highest BCUT2D eigenvalue weighted by Gasteiger charge is 2.54. The Balaban J connectivity index is 1.43. The van der Waals surface area contributed by atoms with Gasteiger partial charge in [-0.3, -0.25) is 0 Å². The van der Waals surface area contributed by atoms with Crippen molar-refractivity contribution in [1.29, 1.82) is 0 Å². The Morgan fingerprint density at radius 2 is 1.55 bits per heavy atom. The van der Waals surface area contributed by atoms with Crippen molar-refractivity contribution >= 4 is 26.5 Å². The van der Waals surface area contributed by atoms with Crippen LogP contribution in [0.25, 0.3) is 0 Å². The lowest BCUT2D eigenvalue weighted by atomic mass is 9.61. The van der Waals surface area contributed by atoms with Crippen LogP contribution in [0.4, 0.5) is 0 Å². The second-order valence-electron chi connectivity index (χ2n) is 23.0. The summed E-state index contributed by atoms with van der Waals surface area (Å²) in [6, 6.07) is 8.75. The third-order valence-electron chi connectivity index (χ3n) is 16.0. The van der Waals surface area contributed by atoms with Crippen molar-refractivity contribution in [3.63, 3.8) is 0 Å². The summed E-state index contributed by atoms with van der Waals surface area (Å²) in [7, 11) is -7.97. The summed E-state index contributed by atoms with van der Waals surface area (Å²) in [5.41, 5.74) is 3.13. The maximum absolute atomic E-state index is 14.8. The third-order valence-corrected chi connectivity index (χ3v) is 27.4. The maximum atomic E-state index is 14.8. The van der Waals surface area contributed by atoms with Gasteiger partial charge in [0.2, 0.25) is 0 Å². The van der Waals surface area contributed by atoms with Crippen LogP contribution in [0.15, 0.2) is 70.2 Å². The molecule has 2 fully saturated rings. The average Bonchev–Trinajstić information content (AvgIpc) is 3.49. The fourth-order valence-corrected chi connectivity index (χ4v) is 15.3. The van der Waals surface area contributed by atoms with Gasteiger partial charge in [0, 0.05) is 19.4 Å². The van der Waals surface area contributed by atoms with Gasteiger partial charge in [-0.25, -0.2) is 8.42 Å². The Morgan fingerprint density at radius 3 is 2.15 bits per heavy atom. The SMILES string of the molecule is CC1=C(C=CC2=CCC[C@]3(C)[C@@H]([C@H](C)C(C(O)CC(C)(C)OC4CCCCO4)S(=O)(=O)c4ccccc4)CC[C@@H]23)C[C@@H](O[Si](C)(C)C(C)(C)C)C[C@@H]1O[Si](C)(C)C(C)(C)C. The van der Waals surface area contributed by atoms with E-state index in [0.29, 0.717) is 12.5 Å². The molecule has 1 saturated heterocycles. The topological polar surface area (TPSA) is 91.3 Å².